The number of nitrogens with zero attached hydrogens (tertiary/aromatic N) is 1. The van der Waals surface area contributed by atoms with E-state index in [1.807, 2.05) is 6.07 Å². The summed E-state index contributed by atoms with van der Waals surface area (Å²) in [5, 5.41) is 0.423. The van der Waals surface area contributed by atoms with E-state index in [0.29, 0.717) is 22.3 Å². The Morgan fingerprint density at radius 2 is 1.84 bits per heavy atom. The predicted octanol–water partition coefficient (Wildman–Crippen LogP) is 2.65. The molecule has 0 unspecified atom stereocenters. The van der Waals surface area contributed by atoms with Crippen molar-refractivity contribution in [1.29, 1.82) is 0 Å². The van der Waals surface area contributed by atoms with E-state index in [2.05, 4.69) is 4.98 Å². The summed E-state index contributed by atoms with van der Waals surface area (Å²) in [4.78, 5) is 15.5. The number of hydrogen-bond donors (Lipinski definition) is 0. The van der Waals surface area contributed by atoms with Gasteiger partial charge in [-0.3, -0.25) is 4.79 Å². The van der Waals surface area contributed by atoms with Crippen LogP contribution in [0.25, 0.3) is 10.4 Å². The topological polar surface area (TPSA) is 57.7 Å². The first-order chi connectivity index (χ1) is 9.24. The standard InChI is InChI=1S/C13H13NO4S/c1-16-9-5-4-8(12(17-2)13(9)18-3)10-6-14-11(7-15)19-10/h4-7H,1-3H3. The Kier molecular flexibility index (Phi) is 4.01. The minimum atomic E-state index is 0.423. The molecule has 1 aromatic carbocycles. The SMILES string of the molecule is COc1ccc(-c2cnc(C=O)s2)c(OC)c1OC. The van der Waals surface area contributed by atoms with Gasteiger partial charge in [0.1, 0.15) is 0 Å². The quantitative estimate of drug-likeness (QED) is 0.787. The van der Waals surface area contributed by atoms with Gasteiger partial charge in [-0.1, -0.05) is 0 Å². The number of ether oxygens (including phenoxy) is 3. The van der Waals surface area contributed by atoms with Gasteiger partial charge in [-0.2, -0.15) is 0 Å². The molecule has 0 aliphatic carbocycles. The fourth-order valence-electron chi connectivity index (χ4n) is 1.76. The van der Waals surface area contributed by atoms with Crippen LogP contribution in [0.3, 0.4) is 0 Å². The maximum Gasteiger partial charge on any atom is 0.203 e. The van der Waals surface area contributed by atoms with Gasteiger partial charge < -0.3 is 14.2 Å². The van der Waals surface area contributed by atoms with Crippen molar-refractivity contribution < 1.29 is 19.0 Å². The lowest BCUT2D eigenvalue weighted by atomic mass is 10.1. The van der Waals surface area contributed by atoms with Crippen molar-refractivity contribution in [3.05, 3.63) is 23.3 Å². The summed E-state index contributed by atoms with van der Waals surface area (Å²) < 4.78 is 15.9. The van der Waals surface area contributed by atoms with Crippen molar-refractivity contribution in [2.24, 2.45) is 0 Å². The van der Waals surface area contributed by atoms with Crippen LogP contribution in [0.4, 0.5) is 0 Å². The molecule has 1 aromatic heterocycles. The first kappa shape index (κ1) is 13.4. The highest BCUT2D eigenvalue weighted by Gasteiger charge is 2.18. The van der Waals surface area contributed by atoms with Crippen molar-refractivity contribution in [2.45, 2.75) is 0 Å². The minimum Gasteiger partial charge on any atom is -0.493 e. The van der Waals surface area contributed by atoms with Gasteiger partial charge >= 0.3 is 0 Å². The number of rotatable bonds is 5. The molecule has 0 aliphatic rings. The van der Waals surface area contributed by atoms with E-state index >= 15 is 0 Å². The molecule has 0 atom stereocenters. The first-order valence-electron chi connectivity index (χ1n) is 5.45. The van der Waals surface area contributed by atoms with Gasteiger partial charge in [0.05, 0.1) is 26.2 Å². The third-order valence-electron chi connectivity index (χ3n) is 2.59. The second-order valence-corrected chi connectivity index (χ2v) is 4.62. The first-order valence-corrected chi connectivity index (χ1v) is 6.27. The van der Waals surface area contributed by atoms with Gasteiger partial charge in [-0.25, -0.2) is 4.98 Å². The zero-order chi connectivity index (χ0) is 13.8. The maximum absolute atomic E-state index is 10.7. The van der Waals surface area contributed by atoms with Crippen molar-refractivity contribution in [1.82, 2.24) is 4.98 Å². The van der Waals surface area contributed by atoms with Crippen molar-refractivity contribution in [3.63, 3.8) is 0 Å². The molecule has 0 radical (unpaired) electrons. The average molecular weight is 279 g/mol. The number of carbonyl (C=O) groups is 1. The number of hydrogen-bond acceptors (Lipinski definition) is 6. The molecule has 0 aliphatic heterocycles. The summed E-state index contributed by atoms with van der Waals surface area (Å²) in [5.74, 6) is 1.66. The van der Waals surface area contributed by atoms with E-state index in [9.17, 15) is 4.79 Å². The van der Waals surface area contributed by atoms with Gasteiger partial charge in [0.2, 0.25) is 5.75 Å². The summed E-state index contributed by atoms with van der Waals surface area (Å²) in [6.07, 6.45) is 2.36. The Labute approximate surface area is 114 Å². The molecule has 0 saturated carbocycles. The van der Waals surface area contributed by atoms with E-state index in [4.69, 9.17) is 14.2 Å². The Hall–Kier alpha value is -2.08. The molecule has 6 heteroatoms. The molecule has 0 N–H and O–H groups in total. The van der Waals surface area contributed by atoms with Crippen LogP contribution in [0.1, 0.15) is 9.80 Å². The monoisotopic (exact) mass is 279 g/mol. The zero-order valence-electron chi connectivity index (χ0n) is 10.8. The van der Waals surface area contributed by atoms with Crippen LogP contribution < -0.4 is 14.2 Å². The van der Waals surface area contributed by atoms with Gasteiger partial charge in [-0.15, -0.1) is 11.3 Å². The number of methoxy groups -OCH3 is 3. The lowest BCUT2D eigenvalue weighted by Gasteiger charge is -2.14. The van der Waals surface area contributed by atoms with Crippen LogP contribution in [0.2, 0.25) is 0 Å². The van der Waals surface area contributed by atoms with Crippen LogP contribution >= 0.6 is 11.3 Å². The molecule has 19 heavy (non-hydrogen) atoms. The van der Waals surface area contributed by atoms with Crippen molar-refractivity contribution in [2.75, 3.05) is 21.3 Å². The summed E-state index contributed by atoms with van der Waals surface area (Å²) in [5.41, 5.74) is 0.811. The number of aromatic nitrogens is 1. The number of thiazole rings is 1. The molecule has 0 amide bonds. The minimum absolute atomic E-state index is 0.423. The molecular formula is C13H13NO4S. The molecule has 2 rings (SSSR count). The maximum atomic E-state index is 10.7. The Morgan fingerprint density at radius 1 is 1.11 bits per heavy atom. The fourth-order valence-corrected chi connectivity index (χ4v) is 2.52. The summed E-state index contributed by atoms with van der Waals surface area (Å²) in [6.45, 7) is 0. The third-order valence-corrected chi connectivity index (χ3v) is 3.55. The van der Waals surface area contributed by atoms with Gasteiger partial charge in [0.15, 0.2) is 22.8 Å². The second kappa shape index (κ2) is 5.71. The summed E-state index contributed by atoms with van der Waals surface area (Å²) in [7, 11) is 4.67. The van der Waals surface area contributed by atoms with E-state index in [1.54, 1.807) is 33.6 Å². The van der Waals surface area contributed by atoms with E-state index in [1.165, 1.54) is 11.3 Å². The molecule has 1 heterocycles. The predicted molar refractivity (Wildman–Crippen MR) is 72.6 cm³/mol. The van der Waals surface area contributed by atoms with Gasteiger partial charge in [0, 0.05) is 11.8 Å². The molecule has 0 fully saturated rings. The Bertz CT molecular complexity index is 594. The Balaban J connectivity index is 2.59. The van der Waals surface area contributed by atoms with Crippen LogP contribution in [-0.2, 0) is 0 Å². The van der Waals surface area contributed by atoms with E-state index in [0.717, 1.165) is 16.7 Å². The van der Waals surface area contributed by atoms with Crippen molar-refractivity contribution >= 4 is 17.6 Å². The number of aldehydes is 1. The Morgan fingerprint density at radius 3 is 2.37 bits per heavy atom. The molecular weight excluding hydrogens is 266 g/mol. The van der Waals surface area contributed by atoms with E-state index in [-0.39, 0.29) is 0 Å². The molecule has 0 spiro atoms. The summed E-state index contributed by atoms with van der Waals surface area (Å²) in [6, 6.07) is 3.64. The van der Waals surface area contributed by atoms with Crippen LogP contribution in [0.5, 0.6) is 17.2 Å². The highest BCUT2D eigenvalue weighted by atomic mass is 32.1. The molecule has 5 nitrogen and oxygen atoms in total. The fraction of sp³-hybridized carbons (Fsp3) is 0.231. The third kappa shape index (κ3) is 2.39. The van der Waals surface area contributed by atoms with Gasteiger partial charge in [-0.05, 0) is 12.1 Å². The molecule has 2 aromatic rings. The number of carbonyl (C=O) groups excluding carboxylic acids is 1. The average Bonchev–Trinajstić information content (AvgIpc) is 2.94. The zero-order valence-corrected chi connectivity index (χ0v) is 11.6. The van der Waals surface area contributed by atoms with Crippen molar-refractivity contribution in [3.8, 4) is 27.7 Å². The number of benzene rings is 1. The van der Waals surface area contributed by atoms with Crippen LogP contribution in [0.15, 0.2) is 18.3 Å². The normalized spacial score (nSPS) is 10.1. The molecule has 0 bridgehead atoms. The lowest BCUT2D eigenvalue weighted by molar-refractivity contribution is 0.112. The van der Waals surface area contributed by atoms with Crippen LogP contribution in [0, 0.1) is 0 Å². The largest absolute Gasteiger partial charge is 0.493 e. The highest BCUT2D eigenvalue weighted by molar-refractivity contribution is 7.16. The molecule has 0 saturated heterocycles. The molecule has 100 valence electrons. The van der Waals surface area contributed by atoms with Crippen LogP contribution in [-0.4, -0.2) is 32.6 Å². The van der Waals surface area contributed by atoms with E-state index < -0.39 is 0 Å². The second-order valence-electron chi connectivity index (χ2n) is 3.56. The summed E-state index contributed by atoms with van der Waals surface area (Å²) >= 11 is 1.29. The van der Waals surface area contributed by atoms with Gasteiger partial charge in [0.25, 0.3) is 0 Å². The highest BCUT2D eigenvalue weighted by Crippen LogP contribution is 2.45. The lowest BCUT2D eigenvalue weighted by Crippen LogP contribution is -1.96. The smallest absolute Gasteiger partial charge is 0.203 e.